The van der Waals surface area contributed by atoms with Crippen molar-refractivity contribution in [2.24, 2.45) is 0 Å². The van der Waals surface area contributed by atoms with Gasteiger partial charge in [-0.05, 0) is 0 Å². The van der Waals surface area contributed by atoms with Crippen molar-refractivity contribution in [1.29, 1.82) is 0 Å². The van der Waals surface area contributed by atoms with E-state index in [0.717, 1.165) is 0 Å². The molecule has 0 aromatic rings. The molecule has 0 saturated heterocycles. The number of hydrogen-bond acceptors (Lipinski definition) is 2. The molecule has 0 heterocycles. The normalized spacial score (nSPS) is 12.9. The van der Waals surface area contributed by atoms with Crippen molar-refractivity contribution in [2.75, 3.05) is 0 Å². The monoisotopic (exact) mass is 156 g/mol. The van der Waals surface area contributed by atoms with Gasteiger partial charge in [0.2, 0.25) is 0 Å². The average molecular weight is 156 g/mol. The summed E-state index contributed by atoms with van der Waals surface area (Å²) in [6.45, 7) is 0. The van der Waals surface area contributed by atoms with Gasteiger partial charge >= 0.3 is 24.4 Å². The molecule has 0 fully saturated rings. The van der Waals surface area contributed by atoms with Crippen LogP contribution in [0.2, 0.25) is 0 Å². The smallest absolute Gasteiger partial charge is 0.766 e. The number of halogens is 3. The summed E-state index contributed by atoms with van der Waals surface area (Å²) in [6.07, 6.45) is 0. The van der Waals surface area contributed by atoms with Crippen LogP contribution in [0.25, 0.3) is 0 Å². The van der Waals surface area contributed by atoms with Crippen molar-refractivity contribution in [3.63, 3.8) is 0 Å². The second kappa shape index (κ2) is 5.30. The van der Waals surface area contributed by atoms with Gasteiger partial charge in [0.15, 0.2) is 0 Å². The first-order valence-electron chi connectivity index (χ1n) is 1.10. The molecule has 52 valence electrons. The van der Waals surface area contributed by atoms with E-state index in [1.807, 2.05) is 0 Å². The molecule has 0 N–H and O–H groups in total. The molecular weight excluding hydrogens is 152 g/mol. The SMILES string of the molecule is C.O=S([O-])C(F)(F)F.[Li+]. The summed E-state index contributed by atoms with van der Waals surface area (Å²) in [7, 11) is 0. The van der Waals surface area contributed by atoms with Gasteiger partial charge in [-0.1, -0.05) is 7.43 Å². The van der Waals surface area contributed by atoms with E-state index in [9.17, 15) is 13.2 Å². The summed E-state index contributed by atoms with van der Waals surface area (Å²) < 4.78 is 49.5. The number of alkyl halides is 3. The maximum absolute atomic E-state index is 10.6. The largest absolute Gasteiger partial charge is 1.00 e. The van der Waals surface area contributed by atoms with Crippen molar-refractivity contribution >= 4 is 11.1 Å². The average Bonchev–Trinajstić information content (AvgIpc) is 1.31. The quantitative estimate of drug-likeness (QED) is 0.301. The second-order valence-electron chi connectivity index (χ2n) is 0.680. The van der Waals surface area contributed by atoms with Crippen LogP contribution in [-0.4, -0.2) is 14.3 Å². The third-order valence-corrected chi connectivity index (χ3v) is 0.567. The minimum Gasteiger partial charge on any atom is -0.766 e. The molecule has 0 amide bonds. The molecule has 0 bridgehead atoms. The van der Waals surface area contributed by atoms with Crippen molar-refractivity contribution in [3.8, 4) is 0 Å². The number of hydrogen-bond donors (Lipinski definition) is 0. The molecule has 0 rings (SSSR count). The Morgan fingerprint density at radius 2 is 1.44 bits per heavy atom. The zero-order valence-corrected chi connectivity index (χ0v) is 4.68. The Bertz CT molecular complexity index is 92.3. The minimum atomic E-state index is -5.08. The summed E-state index contributed by atoms with van der Waals surface area (Å²) in [4.78, 5) is 0. The zero-order valence-electron chi connectivity index (χ0n) is 3.86. The van der Waals surface area contributed by atoms with Crippen LogP contribution in [0, 0.1) is 0 Å². The molecule has 0 aromatic carbocycles. The van der Waals surface area contributed by atoms with E-state index in [-0.39, 0.29) is 26.3 Å². The van der Waals surface area contributed by atoms with Crippen LogP contribution < -0.4 is 18.9 Å². The van der Waals surface area contributed by atoms with Crippen LogP contribution >= 0.6 is 0 Å². The van der Waals surface area contributed by atoms with E-state index in [4.69, 9.17) is 8.76 Å². The maximum Gasteiger partial charge on any atom is 1.00 e. The van der Waals surface area contributed by atoms with Crippen molar-refractivity contribution in [2.45, 2.75) is 12.9 Å². The van der Waals surface area contributed by atoms with Crippen LogP contribution in [0.3, 0.4) is 0 Å². The molecule has 0 spiro atoms. The summed E-state index contributed by atoms with van der Waals surface area (Å²) in [5.74, 6) is 0. The molecular formula is C2H4F3LiO2S. The predicted molar refractivity (Wildman–Crippen MR) is 21.7 cm³/mol. The van der Waals surface area contributed by atoms with Crippen molar-refractivity contribution in [3.05, 3.63) is 0 Å². The molecule has 2 nitrogen and oxygen atoms in total. The van der Waals surface area contributed by atoms with Crippen molar-refractivity contribution < 1.29 is 40.8 Å². The summed E-state index contributed by atoms with van der Waals surface area (Å²) >= 11 is -3.93. The summed E-state index contributed by atoms with van der Waals surface area (Å²) in [6, 6.07) is 0. The van der Waals surface area contributed by atoms with Crippen LogP contribution in [0.15, 0.2) is 0 Å². The third-order valence-electron chi connectivity index (χ3n) is 0.189. The first kappa shape index (κ1) is 16.2. The molecule has 9 heavy (non-hydrogen) atoms. The molecule has 1 atom stereocenters. The van der Waals surface area contributed by atoms with Crippen LogP contribution in [0.5, 0.6) is 0 Å². The minimum absolute atomic E-state index is 0. The van der Waals surface area contributed by atoms with Gasteiger partial charge in [0, 0.05) is 0 Å². The second-order valence-corrected chi connectivity index (χ2v) is 1.61. The van der Waals surface area contributed by atoms with E-state index in [0.29, 0.717) is 0 Å². The zero-order chi connectivity index (χ0) is 6.08. The number of rotatable bonds is 0. The third kappa shape index (κ3) is 8.50. The summed E-state index contributed by atoms with van der Waals surface area (Å²) in [5.41, 5.74) is -5.08. The van der Waals surface area contributed by atoms with Gasteiger partial charge in [0.1, 0.15) is 0 Å². The Kier molecular flexibility index (Phi) is 9.56. The van der Waals surface area contributed by atoms with Gasteiger partial charge in [-0.2, -0.15) is 13.2 Å². The first-order valence-corrected chi connectivity index (χ1v) is 2.18. The van der Waals surface area contributed by atoms with Gasteiger partial charge in [-0.25, -0.2) is 0 Å². The fourth-order valence-corrected chi connectivity index (χ4v) is 0. The topological polar surface area (TPSA) is 40.1 Å². The molecule has 7 heteroatoms. The Balaban J connectivity index is -0.000000180. The molecule has 1 unspecified atom stereocenters. The van der Waals surface area contributed by atoms with Gasteiger partial charge in [-0.15, -0.1) is 0 Å². The molecule has 0 aliphatic carbocycles. The van der Waals surface area contributed by atoms with E-state index in [1.165, 1.54) is 0 Å². The maximum atomic E-state index is 10.6. The molecule has 0 radical (unpaired) electrons. The standard InChI is InChI=1S/CHF3O2S.CH4.Li/c2-1(3,4)7(5)6;;/h(H,5,6);1H4;/q;;+1/p-1. The van der Waals surface area contributed by atoms with E-state index >= 15 is 0 Å². The Labute approximate surface area is 65.3 Å². The Morgan fingerprint density at radius 3 is 1.44 bits per heavy atom. The first-order chi connectivity index (χ1) is 2.94. The van der Waals surface area contributed by atoms with Crippen molar-refractivity contribution in [1.82, 2.24) is 0 Å². The van der Waals surface area contributed by atoms with Gasteiger partial charge in [0.05, 0.1) is 11.1 Å². The predicted octanol–water partition coefficient (Wildman–Crippen LogP) is -1.97. The fourth-order valence-electron chi connectivity index (χ4n) is 0. The Hall–Kier alpha value is 0.497. The van der Waals surface area contributed by atoms with Gasteiger partial charge < -0.3 is 4.55 Å². The van der Waals surface area contributed by atoms with Crippen LogP contribution in [0.4, 0.5) is 13.2 Å². The van der Waals surface area contributed by atoms with E-state index in [2.05, 4.69) is 0 Å². The van der Waals surface area contributed by atoms with Crippen LogP contribution in [0.1, 0.15) is 7.43 Å². The van der Waals surface area contributed by atoms with E-state index < -0.39 is 16.6 Å². The molecule has 0 saturated carbocycles. The molecule has 0 aromatic heterocycles. The van der Waals surface area contributed by atoms with Gasteiger partial charge in [-0.3, -0.25) is 4.21 Å². The Morgan fingerprint density at radius 1 is 1.33 bits per heavy atom. The van der Waals surface area contributed by atoms with Crippen LogP contribution in [-0.2, 0) is 11.1 Å². The molecule has 0 aliphatic rings. The molecule has 0 aliphatic heterocycles. The van der Waals surface area contributed by atoms with E-state index in [1.54, 1.807) is 0 Å². The summed E-state index contributed by atoms with van der Waals surface area (Å²) in [5, 5.41) is 0. The fraction of sp³-hybridized carbons (Fsp3) is 1.00. The van der Waals surface area contributed by atoms with Gasteiger partial charge in [0.25, 0.3) is 0 Å².